The quantitative estimate of drug-likeness (QED) is 0.461. The molecule has 0 saturated carbocycles. The van der Waals surface area contributed by atoms with Gasteiger partial charge in [0.15, 0.2) is 17.6 Å². The topological polar surface area (TPSA) is 74.3 Å². The van der Waals surface area contributed by atoms with Gasteiger partial charge in [0.25, 0.3) is 5.91 Å². The van der Waals surface area contributed by atoms with Crippen LogP contribution in [0.2, 0.25) is 0 Å². The zero-order chi connectivity index (χ0) is 22.1. The molecule has 2 aromatic carbocycles. The number of methoxy groups -OCH3 is 3. The number of benzene rings is 2. The Balaban J connectivity index is 2.09. The van der Waals surface area contributed by atoms with Crippen molar-refractivity contribution in [1.29, 1.82) is 0 Å². The second kappa shape index (κ2) is 10.9. The first-order chi connectivity index (χ1) is 14.4. The van der Waals surface area contributed by atoms with Crippen LogP contribution in [0.5, 0.6) is 17.2 Å². The van der Waals surface area contributed by atoms with Crippen molar-refractivity contribution in [2.24, 2.45) is 0 Å². The number of anilines is 1. The Morgan fingerprint density at radius 2 is 1.60 bits per heavy atom. The summed E-state index contributed by atoms with van der Waals surface area (Å²) >= 11 is 0. The molecule has 0 unspecified atom stereocenters. The highest BCUT2D eigenvalue weighted by molar-refractivity contribution is 5.98. The summed E-state index contributed by atoms with van der Waals surface area (Å²) in [6.07, 6.45) is 1.88. The standard InChI is InChI=1S/C23H27NO6/c1-6-24(18-10-8-7-9-11-18)23(26)16(2)30-21(25)13-12-17-14-19(27-3)22(29-5)20(15-17)28-4/h7-16H,6H2,1-5H3/b13-12+/t16-/m1/s1. The van der Waals surface area contributed by atoms with Crippen LogP contribution in [0.25, 0.3) is 6.08 Å². The molecule has 2 aromatic rings. The molecule has 1 amide bonds. The number of likely N-dealkylation sites (N-methyl/N-ethyl adjacent to an activating group) is 1. The maximum absolute atomic E-state index is 12.7. The Morgan fingerprint density at radius 1 is 1.00 bits per heavy atom. The van der Waals surface area contributed by atoms with Crippen LogP contribution in [0, 0.1) is 0 Å². The summed E-state index contributed by atoms with van der Waals surface area (Å²) < 4.78 is 21.2. The van der Waals surface area contributed by atoms with Crippen LogP contribution >= 0.6 is 0 Å². The van der Waals surface area contributed by atoms with Gasteiger partial charge in [0.05, 0.1) is 21.3 Å². The van der Waals surface area contributed by atoms with Gasteiger partial charge in [0.1, 0.15) is 0 Å². The fourth-order valence-corrected chi connectivity index (χ4v) is 2.92. The van der Waals surface area contributed by atoms with E-state index >= 15 is 0 Å². The molecule has 0 radical (unpaired) electrons. The first-order valence-corrected chi connectivity index (χ1v) is 9.50. The summed E-state index contributed by atoms with van der Waals surface area (Å²) in [5.74, 6) is 0.469. The van der Waals surface area contributed by atoms with E-state index in [-0.39, 0.29) is 5.91 Å². The lowest BCUT2D eigenvalue weighted by atomic mass is 10.1. The highest BCUT2D eigenvalue weighted by Crippen LogP contribution is 2.38. The molecule has 0 aliphatic carbocycles. The normalized spacial score (nSPS) is 11.6. The minimum absolute atomic E-state index is 0.293. The second-order valence-corrected chi connectivity index (χ2v) is 6.29. The van der Waals surface area contributed by atoms with E-state index in [1.807, 2.05) is 37.3 Å². The van der Waals surface area contributed by atoms with E-state index in [4.69, 9.17) is 18.9 Å². The molecule has 160 valence electrons. The Bertz CT molecular complexity index is 869. The van der Waals surface area contributed by atoms with Crippen LogP contribution in [0.15, 0.2) is 48.5 Å². The van der Waals surface area contributed by atoms with Gasteiger partial charge in [-0.2, -0.15) is 0 Å². The van der Waals surface area contributed by atoms with Gasteiger partial charge in [-0.15, -0.1) is 0 Å². The first-order valence-electron chi connectivity index (χ1n) is 9.50. The average molecular weight is 413 g/mol. The summed E-state index contributed by atoms with van der Waals surface area (Å²) in [7, 11) is 4.54. The Kier molecular flexibility index (Phi) is 8.29. The SMILES string of the molecule is CCN(C(=O)[C@@H](C)OC(=O)/C=C/c1cc(OC)c(OC)c(OC)c1)c1ccccc1. The minimum Gasteiger partial charge on any atom is -0.493 e. The van der Waals surface area contributed by atoms with E-state index in [0.717, 1.165) is 5.69 Å². The number of carbonyl (C=O) groups is 2. The number of nitrogens with zero attached hydrogens (tertiary/aromatic N) is 1. The fourth-order valence-electron chi connectivity index (χ4n) is 2.92. The van der Waals surface area contributed by atoms with Gasteiger partial charge >= 0.3 is 5.97 Å². The van der Waals surface area contributed by atoms with Crippen molar-refractivity contribution >= 4 is 23.6 Å². The molecule has 0 aliphatic heterocycles. The van der Waals surface area contributed by atoms with Crippen molar-refractivity contribution in [3.63, 3.8) is 0 Å². The number of para-hydroxylation sites is 1. The molecule has 0 saturated heterocycles. The molecule has 2 rings (SSSR count). The summed E-state index contributed by atoms with van der Waals surface area (Å²) in [4.78, 5) is 26.5. The molecule has 7 heteroatoms. The van der Waals surface area contributed by atoms with Crippen LogP contribution in [-0.4, -0.2) is 45.9 Å². The highest BCUT2D eigenvalue weighted by Gasteiger charge is 2.23. The molecule has 0 spiro atoms. The van der Waals surface area contributed by atoms with Gasteiger partial charge in [-0.1, -0.05) is 18.2 Å². The largest absolute Gasteiger partial charge is 0.493 e. The number of carbonyl (C=O) groups excluding carboxylic acids is 2. The Labute approximate surface area is 176 Å². The van der Waals surface area contributed by atoms with Crippen molar-refractivity contribution < 1.29 is 28.5 Å². The highest BCUT2D eigenvalue weighted by atomic mass is 16.5. The molecule has 0 aliphatic rings. The van der Waals surface area contributed by atoms with Gasteiger partial charge in [-0.05, 0) is 49.8 Å². The Hall–Kier alpha value is -3.48. The van der Waals surface area contributed by atoms with Gasteiger partial charge < -0.3 is 23.8 Å². The molecular weight excluding hydrogens is 386 g/mol. The smallest absolute Gasteiger partial charge is 0.331 e. The number of amides is 1. The zero-order valence-corrected chi connectivity index (χ0v) is 17.9. The fraction of sp³-hybridized carbons (Fsp3) is 0.304. The van der Waals surface area contributed by atoms with Crippen LogP contribution in [0.3, 0.4) is 0 Å². The molecule has 0 heterocycles. The summed E-state index contributed by atoms with van der Waals surface area (Å²) in [5.41, 5.74) is 1.40. The van der Waals surface area contributed by atoms with Crippen molar-refractivity contribution in [3.8, 4) is 17.2 Å². The van der Waals surface area contributed by atoms with Gasteiger partial charge in [0, 0.05) is 18.3 Å². The van der Waals surface area contributed by atoms with Crippen LogP contribution in [-0.2, 0) is 14.3 Å². The van der Waals surface area contributed by atoms with Crippen molar-refractivity contribution in [2.45, 2.75) is 20.0 Å². The average Bonchev–Trinajstić information content (AvgIpc) is 2.77. The first kappa shape index (κ1) is 22.8. The molecule has 30 heavy (non-hydrogen) atoms. The lowest BCUT2D eigenvalue weighted by molar-refractivity contribution is -0.149. The number of ether oxygens (including phenoxy) is 4. The lowest BCUT2D eigenvalue weighted by Crippen LogP contribution is -2.39. The maximum Gasteiger partial charge on any atom is 0.331 e. The van der Waals surface area contributed by atoms with E-state index in [0.29, 0.717) is 29.4 Å². The van der Waals surface area contributed by atoms with E-state index in [2.05, 4.69) is 0 Å². The molecule has 0 aromatic heterocycles. The van der Waals surface area contributed by atoms with Crippen molar-refractivity contribution in [2.75, 3.05) is 32.8 Å². The van der Waals surface area contributed by atoms with Crippen molar-refractivity contribution in [3.05, 3.63) is 54.1 Å². The summed E-state index contributed by atoms with van der Waals surface area (Å²) in [6, 6.07) is 12.6. The second-order valence-electron chi connectivity index (χ2n) is 6.29. The number of hydrogen-bond donors (Lipinski definition) is 0. The maximum atomic E-state index is 12.7. The molecule has 0 fully saturated rings. The van der Waals surface area contributed by atoms with Crippen LogP contribution in [0.1, 0.15) is 19.4 Å². The monoisotopic (exact) mass is 413 g/mol. The molecule has 7 nitrogen and oxygen atoms in total. The van der Waals surface area contributed by atoms with Gasteiger partial charge in [-0.3, -0.25) is 4.79 Å². The predicted octanol–water partition coefficient (Wildman–Crippen LogP) is 3.71. The predicted molar refractivity (Wildman–Crippen MR) is 115 cm³/mol. The van der Waals surface area contributed by atoms with Gasteiger partial charge in [0.2, 0.25) is 5.75 Å². The lowest BCUT2D eigenvalue weighted by Gasteiger charge is -2.24. The molecular formula is C23H27NO6. The third-order valence-electron chi connectivity index (χ3n) is 4.39. The van der Waals surface area contributed by atoms with Gasteiger partial charge in [-0.25, -0.2) is 4.79 Å². The number of esters is 1. The van der Waals surface area contributed by atoms with Crippen molar-refractivity contribution in [1.82, 2.24) is 0 Å². The summed E-state index contributed by atoms with van der Waals surface area (Å²) in [6.45, 7) is 3.88. The molecule has 0 bridgehead atoms. The van der Waals surface area contributed by atoms with E-state index in [1.165, 1.54) is 27.4 Å². The molecule has 1 atom stereocenters. The van der Waals surface area contributed by atoms with Crippen LogP contribution < -0.4 is 19.1 Å². The van der Waals surface area contributed by atoms with E-state index in [1.54, 1.807) is 30.0 Å². The van der Waals surface area contributed by atoms with E-state index < -0.39 is 12.1 Å². The number of hydrogen-bond acceptors (Lipinski definition) is 6. The van der Waals surface area contributed by atoms with Crippen LogP contribution in [0.4, 0.5) is 5.69 Å². The Morgan fingerprint density at radius 3 is 2.10 bits per heavy atom. The van der Waals surface area contributed by atoms with E-state index in [9.17, 15) is 9.59 Å². The molecule has 0 N–H and O–H groups in total. The number of rotatable bonds is 9. The third kappa shape index (κ3) is 5.53. The third-order valence-corrected chi connectivity index (χ3v) is 4.39. The summed E-state index contributed by atoms with van der Waals surface area (Å²) in [5, 5.41) is 0. The zero-order valence-electron chi connectivity index (χ0n) is 17.9. The minimum atomic E-state index is -0.928.